The molecule has 0 amide bonds. The summed E-state index contributed by atoms with van der Waals surface area (Å²) in [6.45, 7) is 4.38. The topological polar surface area (TPSA) is 79.8 Å². The highest BCUT2D eigenvalue weighted by atomic mass is 32.2. The standard InChI is InChI=1S/C16H21N3O4S/c20-24(21)9-3-14(12-24)19-6-4-18(5-7-19)11-13-10-16(23-17-13)15-2-1-8-22-15/h1-2,8,10,14H,3-7,9,11-12H2/t14-/m0/s1. The second kappa shape index (κ2) is 6.34. The van der Waals surface area contributed by atoms with Crippen LogP contribution in [0.3, 0.4) is 0 Å². The van der Waals surface area contributed by atoms with Crippen molar-refractivity contribution in [3.8, 4) is 11.5 Å². The molecule has 2 aliphatic heterocycles. The van der Waals surface area contributed by atoms with Gasteiger partial charge >= 0.3 is 0 Å². The van der Waals surface area contributed by atoms with E-state index in [1.165, 1.54) is 0 Å². The highest BCUT2D eigenvalue weighted by Gasteiger charge is 2.33. The van der Waals surface area contributed by atoms with Crippen molar-refractivity contribution in [2.75, 3.05) is 37.7 Å². The third-order valence-corrected chi connectivity index (χ3v) is 6.59. The van der Waals surface area contributed by atoms with Crippen LogP contribution in [0, 0.1) is 0 Å². The third-order valence-electron chi connectivity index (χ3n) is 4.84. The average Bonchev–Trinajstić information content (AvgIpc) is 3.28. The van der Waals surface area contributed by atoms with Crippen molar-refractivity contribution in [2.24, 2.45) is 0 Å². The van der Waals surface area contributed by atoms with Crippen molar-refractivity contribution in [1.29, 1.82) is 0 Å². The van der Waals surface area contributed by atoms with Crippen molar-refractivity contribution in [3.63, 3.8) is 0 Å². The maximum Gasteiger partial charge on any atom is 0.202 e. The fourth-order valence-corrected chi connectivity index (χ4v) is 5.26. The highest BCUT2D eigenvalue weighted by molar-refractivity contribution is 7.91. The van der Waals surface area contributed by atoms with Gasteiger partial charge in [0.05, 0.1) is 23.5 Å². The summed E-state index contributed by atoms with van der Waals surface area (Å²) in [6, 6.07) is 5.78. The van der Waals surface area contributed by atoms with Crippen LogP contribution in [0.1, 0.15) is 12.1 Å². The molecule has 0 N–H and O–H groups in total. The van der Waals surface area contributed by atoms with Gasteiger partial charge in [-0.1, -0.05) is 5.16 Å². The van der Waals surface area contributed by atoms with Gasteiger partial charge in [0.1, 0.15) is 0 Å². The van der Waals surface area contributed by atoms with Crippen molar-refractivity contribution >= 4 is 9.84 Å². The smallest absolute Gasteiger partial charge is 0.202 e. The summed E-state index contributed by atoms with van der Waals surface area (Å²) < 4.78 is 33.9. The number of nitrogens with zero attached hydrogens (tertiary/aromatic N) is 3. The van der Waals surface area contributed by atoms with Crippen LogP contribution in [0.15, 0.2) is 33.4 Å². The quantitative estimate of drug-likeness (QED) is 0.820. The largest absolute Gasteiger partial charge is 0.461 e. The molecule has 0 radical (unpaired) electrons. The number of hydrogen-bond donors (Lipinski definition) is 0. The Kier molecular flexibility index (Phi) is 4.19. The van der Waals surface area contributed by atoms with Crippen molar-refractivity contribution in [1.82, 2.24) is 15.0 Å². The normalized spacial score (nSPS) is 25.2. The summed E-state index contributed by atoms with van der Waals surface area (Å²) in [5.41, 5.74) is 0.887. The number of rotatable bonds is 4. The van der Waals surface area contributed by atoms with Gasteiger partial charge < -0.3 is 8.94 Å². The van der Waals surface area contributed by atoms with E-state index in [1.54, 1.807) is 6.26 Å². The molecule has 0 bridgehead atoms. The molecule has 2 aromatic heterocycles. The first-order valence-corrected chi connectivity index (χ1v) is 10.1. The zero-order chi connectivity index (χ0) is 16.6. The van der Waals surface area contributed by atoms with Gasteiger partial charge in [-0.3, -0.25) is 9.80 Å². The van der Waals surface area contributed by atoms with Gasteiger partial charge in [-0.15, -0.1) is 0 Å². The lowest BCUT2D eigenvalue weighted by Gasteiger charge is -2.37. The summed E-state index contributed by atoms with van der Waals surface area (Å²) in [6.07, 6.45) is 2.39. The van der Waals surface area contributed by atoms with E-state index in [-0.39, 0.29) is 6.04 Å². The van der Waals surface area contributed by atoms with E-state index in [1.807, 2.05) is 18.2 Å². The molecule has 4 heterocycles. The number of hydrogen-bond acceptors (Lipinski definition) is 7. The van der Waals surface area contributed by atoms with Gasteiger partial charge in [0.15, 0.2) is 15.6 Å². The Morgan fingerprint density at radius 1 is 1.21 bits per heavy atom. The van der Waals surface area contributed by atoms with Crippen LogP contribution in [0.4, 0.5) is 0 Å². The summed E-state index contributed by atoms with van der Waals surface area (Å²) in [7, 11) is -2.81. The predicted molar refractivity (Wildman–Crippen MR) is 88.1 cm³/mol. The molecule has 2 aromatic rings. The van der Waals surface area contributed by atoms with E-state index >= 15 is 0 Å². The summed E-state index contributed by atoms with van der Waals surface area (Å²) >= 11 is 0. The molecule has 130 valence electrons. The summed E-state index contributed by atoms with van der Waals surface area (Å²) in [5, 5.41) is 4.11. The SMILES string of the molecule is O=S1(=O)CC[C@H](N2CCN(Cc3cc(-c4ccco4)on3)CC2)C1. The molecule has 0 saturated carbocycles. The fraction of sp³-hybridized carbons (Fsp3) is 0.562. The minimum atomic E-state index is -2.81. The maximum absolute atomic E-state index is 11.6. The second-order valence-corrected chi connectivity index (χ2v) is 8.76. The molecule has 2 fully saturated rings. The first-order chi connectivity index (χ1) is 11.6. The third kappa shape index (κ3) is 3.40. The Labute approximate surface area is 141 Å². The number of aromatic nitrogens is 1. The zero-order valence-electron chi connectivity index (χ0n) is 13.4. The van der Waals surface area contributed by atoms with Crippen LogP contribution in [0.5, 0.6) is 0 Å². The van der Waals surface area contributed by atoms with Crippen molar-refractivity contribution in [2.45, 2.75) is 19.0 Å². The maximum atomic E-state index is 11.6. The molecule has 0 aromatic carbocycles. The van der Waals surface area contributed by atoms with Gasteiger partial charge in [0.2, 0.25) is 5.76 Å². The zero-order valence-corrected chi connectivity index (χ0v) is 14.2. The molecule has 24 heavy (non-hydrogen) atoms. The molecular weight excluding hydrogens is 330 g/mol. The molecule has 0 unspecified atom stereocenters. The van der Waals surface area contributed by atoms with E-state index in [9.17, 15) is 8.42 Å². The van der Waals surface area contributed by atoms with Crippen molar-refractivity contribution in [3.05, 3.63) is 30.2 Å². The molecule has 0 aliphatic carbocycles. The van der Waals surface area contributed by atoms with Gasteiger partial charge in [-0.25, -0.2) is 8.42 Å². The van der Waals surface area contributed by atoms with Gasteiger partial charge in [-0.05, 0) is 18.6 Å². The number of sulfone groups is 1. The minimum Gasteiger partial charge on any atom is -0.461 e. The van der Waals surface area contributed by atoms with Crippen LogP contribution in [0.25, 0.3) is 11.5 Å². The molecule has 8 heteroatoms. The van der Waals surface area contributed by atoms with E-state index in [2.05, 4.69) is 15.0 Å². The molecule has 2 saturated heterocycles. The molecule has 2 aliphatic rings. The Balaban J connectivity index is 1.31. The lowest BCUT2D eigenvalue weighted by molar-refractivity contribution is 0.0985. The summed E-state index contributed by atoms with van der Waals surface area (Å²) in [4.78, 5) is 4.64. The van der Waals surface area contributed by atoms with Gasteiger partial charge in [-0.2, -0.15) is 0 Å². The molecule has 1 atom stereocenters. The Bertz CT molecular complexity index is 776. The van der Waals surface area contributed by atoms with Crippen LogP contribution >= 0.6 is 0 Å². The van der Waals surface area contributed by atoms with E-state index < -0.39 is 9.84 Å². The van der Waals surface area contributed by atoms with E-state index in [4.69, 9.17) is 8.94 Å². The minimum absolute atomic E-state index is 0.203. The van der Waals surface area contributed by atoms with Crippen LogP contribution in [-0.2, 0) is 16.4 Å². The fourth-order valence-electron chi connectivity index (χ4n) is 3.50. The monoisotopic (exact) mass is 351 g/mol. The Morgan fingerprint density at radius 3 is 2.71 bits per heavy atom. The Morgan fingerprint density at radius 2 is 2.04 bits per heavy atom. The lowest BCUT2D eigenvalue weighted by Crippen LogP contribution is -2.50. The Hall–Kier alpha value is -1.64. The van der Waals surface area contributed by atoms with Crippen LogP contribution < -0.4 is 0 Å². The molecule has 4 rings (SSSR count). The average molecular weight is 351 g/mol. The van der Waals surface area contributed by atoms with E-state index in [0.29, 0.717) is 23.0 Å². The number of piperazine rings is 1. The molecule has 0 spiro atoms. The van der Waals surface area contributed by atoms with Crippen molar-refractivity contribution < 1.29 is 17.4 Å². The van der Waals surface area contributed by atoms with Gasteiger partial charge in [0.25, 0.3) is 0 Å². The highest BCUT2D eigenvalue weighted by Crippen LogP contribution is 2.22. The van der Waals surface area contributed by atoms with E-state index in [0.717, 1.165) is 44.8 Å². The summed E-state index contributed by atoms with van der Waals surface area (Å²) in [5.74, 6) is 1.99. The molecule has 7 nitrogen and oxygen atoms in total. The lowest BCUT2D eigenvalue weighted by atomic mass is 10.2. The number of furan rings is 1. The van der Waals surface area contributed by atoms with Crippen LogP contribution in [0.2, 0.25) is 0 Å². The first-order valence-electron chi connectivity index (χ1n) is 8.25. The first kappa shape index (κ1) is 15.9. The molecular formula is C16H21N3O4S. The van der Waals surface area contributed by atoms with Crippen LogP contribution in [-0.4, -0.2) is 67.1 Å². The second-order valence-electron chi connectivity index (χ2n) is 6.53. The van der Waals surface area contributed by atoms with Gasteiger partial charge in [0, 0.05) is 44.8 Å². The predicted octanol–water partition coefficient (Wildman–Crippen LogP) is 1.24.